The zero-order valence-corrected chi connectivity index (χ0v) is 16.1. The molecule has 0 saturated carbocycles. The summed E-state index contributed by atoms with van der Waals surface area (Å²) in [6.45, 7) is 0. The molecule has 0 aliphatic heterocycles. The molecule has 2 aromatic carbocycles. The molecule has 0 fully saturated rings. The molecule has 0 saturated heterocycles. The van der Waals surface area contributed by atoms with E-state index in [1.54, 1.807) is 36.4 Å². The average Bonchev–Trinajstić information content (AvgIpc) is 2.69. The van der Waals surface area contributed by atoms with Crippen molar-refractivity contribution in [2.24, 2.45) is 5.73 Å². The van der Waals surface area contributed by atoms with Crippen LogP contribution < -0.4 is 15.8 Å². The Hall–Kier alpha value is -3.72. The molecule has 0 bridgehead atoms. The van der Waals surface area contributed by atoms with Crippen LogP contribution in [0, 0.1) is 0 Å². The number of nitrogens with two attached hydrogens (primary N) is 1. The minimum atomic E-state index is -3.55. The lowest BCUT2D eigenvalue weighted by Crippen LogP contribution is -2.16. The first-order valence-corrected chi connectivity index (χ1v) is 10.3. The maximum absolute atomic E-state index is 12.5. The van der Waals surface area contributed by atoms with Gasteiger partial charge >= 0.3 is 0 Å². The highest BCUT2D eigenvalue weighted by Gasteiger charge is 2.18. The van der Waals surface area contributed by atoms with Gasteiger partial charge in [-0.1, -0.05) is 18.2 Å². The minimum Gasteiger partial charge on any atom is -0.439 e. The van der Waals surface area contributed by atoms with Crippen LogP contribution in [0.2, 0.25) is 0 Å². The summed E-state index contributed by atoms with van der Waals surface area (Å²) in [7, 11) is -3.55. The molecule has 1 aromatic heterocycles. The van der Waals surface area contributed by atoms with Crippen LogP contribution in [0.4, 0.5) is 5.69 Å². The van der Waals surface area contributed by atoms with Crippen LogP contribution in [0.15, 0.2) is 71.8 Å². The second-order valence-electron chi connectivity index (χ2n) is 6.10. The lowest BCUT2D eigenvalue weighted by atomic mass is 10.2. The van der Waals surface area contributed by atoms with E-state index in [-0.39, 0.29) is 16.3 Å². The van der Waals surface area contributed by atoms with Gasteiger partial charge in [-0.15, -0.1) is 0 Å². The van der Waals surface area contributed by atoms with Crippen molar-refractivity contribution in [3.63, 3.8) is 0 Å². The number of anilines is 1. The van der Waals surface area contributed by atoms with E-state index in [1.807, 2.05) is 0 Å². The Morgan fingerprint density at radius 2 is 1.79 bits per heavy atom. The molecule has 2 amide bonds. The third-order valence-electron chi connectivity index (χ3n) is 3.87. The molecular weight excluding hydrogens is 394 g/mol. The van der Waals surface area contributed by atoms with E-state index in [2.05, 4.69) is 10.3 Å². The van der Waals surface area contributed by atoms with Gasteiger partial charge in [-0.3, -0.25) is 9.59 Å². The largest absolute Gasteiger partial charge is 0.439 e. The van der Waals surface area contributed by atoms with Crippen molar-refractivity contribution in [2.45, 2.75) is 4.90 Å². The van der Waals surface area contributed by atoms with Crippen LogP contribution >= 0.6 is 0 Å². The fourth-order valence-corrected chi connectivity index (χ4v) is 3.41. The summed E-state index contributed by atoms with van der Waals surface area (Å²) >= 11 is 0. The number of rotatable bonds is 6. The summed E-state index contributed by atoms with van der Waals surface area (Å²) in [6.07, 6.45) is 2.41. The van der Waals surface area contributed by atoms with Crippen LogP contribution in [-0.2, 0) is 9.84 Å². The van der Waals surface area contributed by atoms with Crippen LogP contribution in [-0.4, -0.2) is 31.5 Å². The number of primary amides is 1. The third-order valence-corrected chi connectivity index (χ3v) is 5.02. The zero-order valence-electron chi connectivity index (χ0n) is 15.3. The number of carbonyl (C=O) groups is 2. The highest BCUT2D eigenvalue weighted by atomic mass is 32.2. The quantitative estimate of drug-likeness (QED) is 0.642. The van der Waals surface area contributed by atoms with Crippen molar-refractivity contribution in [1.29, 1.82) is 0 Å². The van der Waals surface area contributed by atoms with Gasteiger partial charge < -0.3 is 15.8 Å². The van der Waals surface area contributed by atoms with Gasteiger partial charge in [0.2, 0.25) is 11.8 Å². The molecule has 3 aromatic rings. The van der Waals surface area contributed by atoms with E-state index >= 15 is 0 Å². The van der Waals surface area contributed by atoms with Gasteiger partial charge in [0.05, 0.1) is 22.3 Å². The van der Waals surface area contributed by atoms with E-state index in [1.165, 1.54) is 30.5 Å². The van der Waals surface area contributed by atoms with Crippen LogP contribution in [0.3, 0.4) is 0 Å². The Labute approximate surface area is 167 Å². The van der Waals surface area contributed by atoms with Gasteiger partial charge in [0.25, 0.3) is 5.91 Å². The normalized spacial score (nSPS) is 10.9. The standard InChI is InChI=1S/C20H17N3O5S/c1-29(26,27)17-8-3-2-7-16(17)20(25)23-14-9-10-18(22-12-14)28-15-6-4-5-13(11-15)19(21)24/h2-12H,1H3,(H2,21,24)(H,23,25). The molecule has 1 heterocycles. The molecule has 0 radical (unpaired) electrons. The van der Waals surface area contributed by atoms with Gasteiger partial charge in [0, 0.05) is 17.9 Å². The smallest absolute Gasteiger partial charge is 0.257 e. The van der Waals surface area contributed by atoms with E-state index < -0.39 is 21.7 Å². The summed E-state index contributed by atoms with van der Waals surface area (Å²) in [5, 5.41) is 2.60. The zero-order chi connectivity index (χ0) is 21.0. The van der Waals surface area contributed by atoms with Crippen molar-refractivity contribution >= 4 is 27.3 Å². The van der Waals surface area contributed by atoms with Crippen molar-refractivity contribution in [3.8, 4) is 11.6 Å². The first kappa shape index (κ1) is 20.0. The minimum absolute atomic E-state index is 0.0404. The molecule has 29 heavy (non-hydrogen) atoms. The molecular formula is C20H17N3O5S. The fourth-order valence-electron chi connectivity index (χ4n) is 2.52. The van der Waals surface area contributed by atoms with E-state index in [0.717, 1.165) is 6.26 Å². The van der Waals surface area contributed by atoms with Crippen LogP contribution in [0.1, 0.15) is 20.7 Å². The van der Waals surface area contributed by atoms with E-state index in [0.29, 0.717) is 17.0 Å². The van der Waals surface area contributed by atoms with Gasteiger partial charge in [-0.25, -0.2) is 13.4 Å². The molecule has 9 heteroatoms. The van der Waals surface area contributed by atoms with Crippen molar-refractivity contribution in [1.82, 2.24) is 4.98 Å². The number of pyridine rings is 1. The monoisotopic (exact) mass is 411 g/mol. The summed E-state index contributed by atoms with van der Waals surface area (Å²) in [6, 6.07) is 15.3. The molecule has 0 atom stereocenters. The third kappa shape index (κ3) is 4.96. The summed E-state index contributed by atoms with van der Waals surface area (Å²) in [5.74, 6) is -0.527. The molecule has 0 unspecified atom stereocenters. The average molecular weight is 411 g/mol. The molecule has 148 valence electrons. The van der Waals surface area contributed by atoms with Gasteiger partial charge in [-0.05, 0) is 36.4 Å². The number of hydrogen-bond acceptors (Lipinski definition) is 6. The predicted octanol–water partition coefficient (Wildman–Crippen LogP) is 2.63. The molecule has 0 aliphatic rings. The molecule has 0 spiro atoms. The maximum atomic E-state index is 12.5. The Morgan fingerprint density at radius 3 is 2.45 bits per heavy atom. The SMILES string of the molecule is CS(=O)(=O)c1ccccc1C(=O)Nc1ccc(Oc2cccc(C(N)=O)c2)nc1. The Morgan fingerprint density at radius 1 is 1.03 bits per heavy atom. The van der Waals surface area contributed by atoms with Crippen molar-refractivity contribution in [3.05, 3.63) is 78.0 Å². The molecule has 8 nitrogen and oxygen atoms in total. The first-order valence-electron chi connectivity index (χ1n) is 8.38. The number of nitrogens with zero attached hydrogens (tertiary/aromatic N) is 1. The van der Waals surface area contributed by atoms with Crippen LogP contribution in [0.5, 0.6) is 11.6 Å². The van der Waals surface area contributed by atoms with Gasteiger partial charge in [-0.2, -0.15) is 0 Å². The van der Waals surface area contributed by atoms with E-state index in [4.69, 9.17) is 10.5 Å². The molecule has 0 aliphatic carbocycles. The van der Waals surface area contributed by atoms with Crippen molar-refractivity contribution in [2.75, 3.05) is 11.6 Å². The second-order valence-corrected chi connectivity index (χ2v) is 8.09. The predicted molar refractivity (Wildman–Crippen MR) is 107 cm³/mol. The topological polar surface area (TPSA) is 128 Å². The number of hydrogen-bond donors (Lipinski definition) is 2. The number of sulfone groups is 1. The lowest BCUT2D eigenvalue weighted by Gasteiger charge is -2.10. The number of nitrogens with one attached hydrogen (secondary N) is 1. The fraction of sp³-hybridized carbons (Fsp3) is 0.0500. The van der Waals surface area contributed by atoms with Gasteiger partial charge in [0.15, 0.2) is 9.84 Å². The summed E-state index contributed by atoms with van der Waals surface area (Å²) in [4.78, 5) is 27.7. The number of carbonyl (C=O) groups excluding carboxylic acids is 2. The summed E-state index contributed by atoms with van der Waals surface area (Å²) < 4.78 is 29.3. The van der Waals surface area contributed by atoms with E-state index in [9.17, 15) is 18.0 Å². The number of aromatic nitrogens is 1. The number of ether oxygens (including phenoxy) is 1. The lowest BCUT2D eigenvalue weighted by molar-refractivity contribution is 0.0997. The first-order chi connectivity index (χ1) is 13.7. The highest BCUT2D eigenvalue weighted by molar-refractivity contribution is 7.90. The highest BCUT2D eigenvalue weighted by Crippen LogP contribution is 2.22. The molecule has 3 rings (SSSR count). The Balaban J connectivity index is 1.74. The Bertz CT molecular complexity index is 1170. The number of benzene rings is 2. The summed E-state index contributed by atoms with van der Waals surface area (Å²) in [5.41, 5.74) is 5.94. The van der Waals surface area contributed by atoms with Gasteiger partial charge in [0.1, 0.15) is 5.75 Å². The van der Waals surface area contributed by atoms with Crippen molar-refractivity contribution < 1.29 is 22.7 Å². The Kier molecular flexibility index (Phi) is 5.60. The number of amides is 2. The van der Waals surface area contributed by atoms with Crippen LogP contribution in [0.25, 0.3) is 0 Å². The molecule has 3 N–H and O–H groups in total. The second kappa shape index (κ2) is 8.11. The maximum Gasteiger partial charge on any atom is 0.257 e.